The fourth-order valence-corrected chi connectivity index (χ4v) is 4.23. The number of benzene rings is 1. The van der Waals surface area contributed by atoms with Gasteiger partial charge in [0.2, 0.25) is 5.91 Å². The molecule has 25 heavy (non-hydrogen) atoms. The number of anilines is 1. The van der Waals surface area contributed by atoms with E-state index >= 15 is 0 Å². The predicted octanol–water partition coefficient (Wildman–Crippen LogP) is 2.40. The number of rotatable bonds is 5. The van der Waals surface area contributed by atoms with Crippen molar-refractivity contribution in [2.75, 3.05) is 11.1 Å². The molecule has 0 spiro atoms. The largest absolute Gasteiger partial charge is 0.545 e. The number of aromatic nitrogens is 2. The van der Waals surface area contributed by atoms with Crippen LogP contribution in [0.3, 0.4) is 0 Å². The van der Waals surface area contributed by atoms with Gasteiger partial charge in [0.15, 0.2) is 0 Å². The van der Waals surface area contributed by atoms with Crippen LogP contribution in [0.1, 0.15) is 20.8 Å². The van der Waals surface area contributed by atoms with Gasteiger partial charge in [0, 0.05) is 16.0 Å². The molecule has 1 amide bonds. The minimum atomic E-state index is -1.28. The second kappa shape index (κ2) is 7.20. The summed E-state index contributed by atoms with van der Waals surface area (Å²) in [4.78, 5) is 33.7. The van der Waals surface area contributed by atoms with Gasteiger partial charge in [0.25, 0.3) is 0 Å². The number of hydrogen-bond donors (Lipinski definition) is 1. The topological polar surface area (TPSA) is 95.0 Å². The molecule has 3 aromatic rings. The molecule has 2 heterocycles. The first-order valence-corrected chi connectivity index (χ1v) is 9.20. The van der Waals surface area contributed by atoms with Gasteiger partial charge in [-0.3, -0.25) is 4.79 Å². The van der Waals surface area contributed by atoms with E-state index in [1.54, 1.807) is 23.5 Å². The number of thiophene rings is 1. The average molecular weight is 372 g/mol. The van der Waals surface area contributed by atoms with E-state index < -0.39 is 5.97 Å². The summed E-state index contributed by atoms with van der Waals surface area (Å²) in [5.74, 6) is -1.36. The van der Waals surface area contributed by atoms with Crippen molar-refractivity contribution in [1.82, 2.24) is 9.97 Å². The van der Waals surface area contributed by atoms with E-state index in [-0.39, 0.29) is 17.2 Å². The van der Waals surface area contributed by atoms with Crippen LogP contribution in [0.15, 0.2) is 35.6 Å². The number of carbonyl (C=O) groups excluding carboxylic acids is 2. The van der Waals surface area contributed by atoms with Gasteiger partial charge < -0.3 is 15.2 Å². The standard InChI is InChI=1S/C17H15N3O3S2/c1-9-10(2)25-16-14(9)15(18-8-19-16)24-7-13(21)20-12-5-3-4-11(6-12)17(22)23/h3-6,8H,7H2,1-2H3,(H,20,21)(H,22,23)/p-1. The van der Waals surface area contributed by atoms with E-state index in [1.165, 1.54) is 35.1 Å². The van der Waals surface area contributed by atoms with E-state index in [2.05, 4.69) is 15.3 Å². The third-order valence-corrected chi connectivity index (χ3v) is 5.76. The van der Waals surface area contributed by atoms with Crippen molar-refractivity contribution in [2.24, 2.45) is 0 Å². The highest BCUT2D eigenvalue weighted by atomic mass is 32.2. The lowest BCUT2D eigenvalue weighted by atomic mass is 10.2. The number of carbonyl (C=O) groups is 2. The summed E-state index contributed by atoms with van der Waals surface area (Å²) in [6, 6.07) is 5.97. The molecule has 0 bridgehead atoms. The lowest BCUT2D eigenvalue weighted by Crippen LogP contribution is -2.22. The molecule has 0 saturated heterocycles. The first-order chi connectivity index (χ1) is 12.0. The molecule has 3 rings (SSSR count). The molecule has 0 aliphatic carbocycles. The summed E-state index contributed by atoms with van der Waals surface area (Å²) in [7, 11) is 0. The van der Waals surface area contributed by atoms with Crippen LogP contribution in [-0.4, -0.2) is 27.6 Å². The van der Waals surface area contributed by atoms with Crippen LogP contribution in [-0.2, 0) is 4.79 Å². The fraction of sp³-hybridized carbons (Fsp3) is 0.176. The lowest BCUT2D eigenvalue weighted by Gasteiger charge is -2.08. The van der Waals surface area contributed by atoms with Crippen molar-refractivity contribution >= 4 is 50.9 Å². The van der Waals surface area contributed by atoms with Gasteiger partial charge in [0.05, 0.1) is 11.7 Å². The van der Waals surface area contributed by atoms with Crippen molar-refractivity contribution in [3.8, 4) is 0 Å². The Morgan fingerprint density at radius 3 is 2.84 bits per heavy atom. The molecule has 1 aromatic carbocycles. The minimum absolute atomic E-state index is 0.0207. The molecule has 2 aromatic heterocycles. The van der Waals surface area contributed by atoms with Crippen LogP contribution in [0.5, 0.6) is 0 Å². The van der Waals surface area contributed by atoms with Crippen LogP contribution in [0.4, 0.5) is 5.69 Å². The maximum atomic E-state index is 12.2. The predicted molar refractivity (Wildman–Crippen MR) is 97.0 cm³/mol. The molecule has 6 nitrogen and oxygen atoms in total. The Morgan fingerprint density at radius 1 is 1.28 bits per heavy atom. The second-order valence-electron chi connectivity index (χ2n) is 5.35. The lowest BCUT2D eigenvalue weighted by molar-refractivity contribution is -0.255. The number of aryl methyl sites for hydroxylation is 2. The van der Waals surface area contributed by atoms with Gasteiger partial charge >= 0.3 is 0 Å². The Balaban J connectivity index is 1.71. The van der Waals surface area contributed by atoms with Gasteiger partial charge in [0.1, 0.15) is 16.2 Å². The monoisotopic (exact) mass is 372 g/mol. The highest BCUT2D eigenvalue weighted by Gasteiger charge is 2.13. The fourth-order valence-electron chi connectivity index (χ4n) is 2.31. The zero-order valence-electron chi connectivity index (χ0n) is 13.5. The number of nitrogens with one attached hydrogen (secondary N) is 1. The molecule has 0 atom stereocenters. The maximum absolute atomic E-state index is 12.2. The number of fused-ring (bicyclic) bond motifs is 1. The number of nitrogens with zero attached hydrogens (tertiary/aromatic N) is 2. The van der Waals surface area contributed by atoms with Crippen LogP contribution in [0.2, 0.25) is 0 Å². The van der Waals surface area contributed by atoms with Crippen molar-refractivity contribution in [3.63, 3.8) is 0 Å². The van der Waals surface area contributed by atoms with Crippen LogP contribution in [0, 0.1) is 13.8 Å². The SMILES string of the molecule is Cc1sc2ncnc(SCC(=O)Nc3cccc(C(=O)[O-])c3)c2c1C. The molecule has 8 heteroatoms. The molecule has 0 saturated carbocycles. The minimum Gasteiger partial charge on any atom is -0.545 e. The average Bonchev–Trinajstić information content (AvgIpc) is 2.88. The van der Waals surface area contributed by atoms with Gasteiger partial charge in [-0.05, 0) is 37.1 Å². The summed E-state index contributed by atoms with van der Waals surface area (Å²) in [5, 5.41) is 15.3. The number of amides is 1. The smallest absolute Gasteiger partial charge is 0.234 e. The van der Waals surface area contributed by atoms with E-state index in [9.17, 15) is 14.7 Å². The first-order valence-electron chi connectivity index (χ1n) is 7.40. The first kappa shape index (κ1) is 17.4. The van der Waals surface area contributed by atoms with Crippen LogP contribution < -0.4 is 10.4 Å². The summed E-state index contributed by atoms with van der Waals surface area (Å²) in [6.07, 6.45) is 1.50. The third-order valence-electron chi connectivity index (χ3n) is 3.65. The molecule has 1 N–H and O–H groups in total. The Labute approximate surface area is 152 Å². The van der Waals surface area contributed by atoms with Gasteiger partial charge in [-0.25, -0.2) is 9.97 Å². The summed E-state index contributed by atoms with van der Waals surface area (Å²) >= 11 is 2.94. The highest BCUT2D eigenvalue weighted by molar-refractivity contribution is 8.00. The highest BCUT2D eigenvalue weighted by Crippen LogP contribution is 2.34. The molecule has 0 aliphatic heterocycles. The number of thioether (sulfide) groups is 1. The van der Waals surface area contributed by atoms with Gasteiger partial charge in [-0.2, -0.15) is 0 Å². The molecule has 128 valence electrons. The van der Waals surface area contributed by atoms with Gasteiger partial charge in [-0.1, -0.05) is 23.9 Å². The molecule has 0 aliphatic rings. The summed E-state index contributed by atoms with van der Waals surface area (Å²) in [5.41, 5.74) is 1.57. The van der Waals surface area contributed by atoms with Crippen molar-refractivity contribution < 1.29 is 14.7 Å². The summed E-state index contributed by atoms with van der Waals surface area (Å²) in [6.45, 7) is 4.06. The molecule has 0 fully saturated rings. The summed E-state index contributed by atoms with van der Waals surface area (Å²) < 4.78 is 0. The van der Waals surface area contributed by atoms with E-state index in [1.807, 2.05) is 13.8 Å². The maximum Gasteiger partial charge on any atom is 0.234 e. The normalized spacial score (nSPS) is 10.8. The zero-order valence-corrected chi connectivity index (χ0v) is 15.2. The number of aromatic carboxylic acids is 1. The number of hydrogen-bond acceptors (Lipinski definition) is 7. The second-order valence-corrected chi connectivity index (χ2v) is 7.51. The Hall–Kier alpha value is -2.45. The molecular weight excluding hydrogens is 358 g/mol. The van der Waals surface area contributed by atoms with Crippen molar-refractivity contribution in [3.05, 3.63) is 46.6 Å². The van der Waals surface area contributed by atoms with Crippen molar-refractivity contribution in [2.45, 2.75) is 18.9 Å². The van der Waals surface area contributed by atoms with Crippen molar-refractivity contribution in [1.29, 1.82) is 0 Å². The Morgan fingerprint density at radius 2 is 2.08 bits per heavy atom. The Bertz CT molecular complexity index is 969. The number of carboxylic acid groups (broad SMARTS) is 1. The molecule has 0 radical (unpaired) electrons. The third kappa shape index (κ3) is 3.80. The van der Waals surface area contributed by atoms with E-state index in [0.717, 1.165) is 20.8 Å². The zero-order chi connectivity index (χ0) is 18.0. The Kier molecular flexibility index (Phi) is 5.00. The molecular formula is C17H14N3O3S2-. The quantitative estimate of drug-likeness (QED) is 0.546. The van der Waals surface area contributed by atoms with E-state index in [0.29, 0.717) is 5.69 Å². The molecule has 0 unspecified atom stereocenters. The van der Waals surface area contributed by atoms with Crippen LogP contribution in [0.25, 0.3) is 10.2 Å². The van der Waals surface area contributed by atoms with E-state index in [4.69, 9.17) is 0 Å². The van der Waals surface area contributed by atoms with Gasteiger partial charge in [-0.15, -0.1) is 11.3 Å². The number of carboxylic acids is 1. The van der Waals surface area contributed by atoms with Crippen LogP contribution >= 0.6 is 23.1 Å².